The number of hydrogen-bond donors (Lipinski definition) is 3. The molecule has 2 atom stereocenters. The minimum atomic E-state index is -0.815. The topological polar surface area (TPSA) is 82.2 Å². The molecule has 1 fully saturated rings. The molecule has 5 heteroatoms. The molecule has 110 valence electrons. The number of rotatable bonds is 4. The summed E-state index contributed by atoms with van der Waals surface area (Å²) in [7, 11) is 0. The molecule has 1 amide bonds. The number of aromatic nitrogens is 1. The van der Waals surface area contributed by atoms with E-state index in [9.17, 15) is 9.59 Å². The summed E-state index contributed by atoms with van der Waals surface area (Å²) < 4.78 is 0. The predicted molar refractivity (Wildman–Crippen MR) is 78.9 cm³/mol. The quantitative estimate of drug-likeness (QED) is 0.804. The highest BCUT2D eigenvalue weighted by Gasteiger charge is 2.33. The Morgan fingerprint density at radius 1 is 1.29 bits per heavy atom. The van der Waals surface area contributed by atoms with E-state index in [2.05, 4.69) is 10.3 Å². The Morgan fingerprint density at radius 2 is 2.10 bits per heavy atom. The molecule has 3 N–H and O–H groups in total. The number of carbonyl (C=O) groups excluding carboxylic acids is 1. The van der Waals surface area contributed by atoms with Gasteiger partial charge in [0.05, 0.1) is 12.3 Å². The average Bonchev–Trinajstić information content (AvgIpc) is 3.06. The third kappa shape index (κ3) is 2.77. The van der Waals surface area contributed by atoms with Crippen molar-refractivity contribution in [2.75, 3.05) is 0 Å². The molecule has 5 nitrogen and oxygen atoms in total. The number of aromatic amines is 1. The largest absolute Gasteiger partial charge is 0.481 e. The molecule has 1 aromatic heterocycles. The lowest BCUT2D eigenvalue weighted by molar-refractivity contribution is -0.142. The predicted octanol–water partition coefficient (Wildman–Crippen LogP) is 2.08. The number of H-pyrrole nitrogens is 1. The van der Waals surface area contributed by atoms with Crippen LogP contribution in [0.2, 0.25) is 0 Å². The second-order valence-electron chi connectivity index (χ2n) is 5.59. The Labute approximate surface area is 122 Å². The molecular weight excluding hydrogens is 268 g/mol. The number of para-hydroxylation sites is 1. The van der Waals surface area contributed by atoms with E-state index < -0.39 is 11.9 Å². The summed E-state index contributed by atoms with van der Waals surface area (Å²) in [5, 5.41) is 13.1. The van der Waals surface area contributed by atoms with Crippen molar-refractivity contribution < 1.29 is 14.7 Å². The lowest BCUT2D eigenvalue weighted by Crippen LogP contribution is -2.40. The molecule has 1 heterocycles. The third-order valence-corrected chi connectivity index (χ3v) is 4.21. The Hall–Kier alpha value is -2.30. The van der Waals surface area contributed by atoms with Crippen molar-refractivity contribution in [2.24, 2.45) is 5.92 Å². The van der Waals surface area contributed by atoms with Crippen LogP contribution in [0.15, 0.2) is 30.5 Å². The molecule has 0 radical (unpaired) electrons. The summed E-state index contributed by atoms with van der Waals surface area (Å²) in [6, 6.07) is 7.59. The van der Waals surface area contributed by atoms with Crippen molar-refractivity contribution in [2.45, 2.75) is 31.7 Å². The van der Waals surface area contributed by atoms with Gasteiger partial charge in [-0.05, 0) is 24.5 Å². The van der Waals surface area contributed by atoms with Crippen molar-refractivity contribution in [1.29, 1.82) is 0 Å². The van der Waals surface area contributed by atoms with Crippen LogP contribution in [0, 0.1) is 5.92 Å². The van der Waals surface area contributed by atoms with E-state index in [1.54, 1.807) is 0 Å². The molecule has 1 aliphatic rings. The van der Waals surface area contributed by atoms with E-state index in [0.717, 1.165) is 29.3 Å². The van der Waals surface area contributed by atoms with Gasteiger partial charge in [0.1, 0.15) is 0 Å². The molecule has 0 bridgehead atoms. The molecule has 1 aromatic carbocycles. The first-order chi connectivity index (χ1) is 10.1. The molecule has 0 spiro atoms. The van der Waals surface area contributed by atoms with Crippen LogP contribution in [0.1, 0.15) is 24.8 Å². The first kappa shape index (κ1) is 13.7. The number of amides is 1. The summed E-state index contributed by atoms with van der Waals surface area (Å²) in [6.45, 7) is 0. The number of fused-ring (bicyclic) bond motifs is 1. The number of benzene rings is 1. The molecular formula is C16H18N2O3. The second-order valence-corrected chi connectivity index (χ2v) is 5.59. The van der Waals surface area contributed by atoms with Gasteiger partial charge in [0.2, 0.25) is 5.91 Å². The molecule has 1 saturated carbocycles. The van der Waals surface area contributed by atoms with Gasteiger partial charge in [0, 0.05) is 23.1 Å². The van der Waals surface area contributed by atoms with Crippen molar-refractivity contribution in [3.05, 3.63) is 36.0 Å². The third-order valence-electron chi connectivity index (χ3n) is 4.21. The van der Waals surface area contributed by atoms with Crippen molar-refractivity contribution in [1.82, 2.24) is 10.3 Å². The monoisotopic (exact) mass is 286 g/mol. The zero-order valence-electron chi connectivity index (χ0n) is 11.6. The lowest BCUT2D eigenvalue weighted by Gasteiger charge is -2.17. The van der Waals surface area contributed by atoms with Crippen LogP contribution < -0.4 is 5.32 Å². The summed E-state index contributed by atoms with van der Waals surface area (Å²) >= 11 is 0. The zero-order valence-corrected chi connectivity index (χ0v) is 11.6. The number of nitrogens with one attached hydrogen (secondary N) is 2. The fourth-order valence-electron chi connectivity index (χ4n) is 3.14. The maximum absolute atomic E-state index is 12.2. The smallest absolute Gasteiger partial charge is 0.308 e. The summed E-state index contributed by atoms with van der Waals surface area (Å²) in [5.74, 6) is -1.38. The number of carboxylic acids is 1. The molecule has 1 aliphatic carbocycles. The normalized spacial score (nSPS) is 21.5. The van der Waals surface area contributed by atoms with Crippen molar-refractivity contribution in [3.63, 3.8) is 0 Å². The molecule has 2 aromatic rings. The van der Waals surface area contributed by atoms with Crippen LogP contribution in [0.5, 0.6) is 0 Å². The van der Waals surface area contributed by atoms with Gasteiger partial charge in [0.15, 0.2) is 0 Å². The van der Waals surface area contributed by atoms with Crippen LogP contribution in [-0.2, 0) is 16.0 Å². The van der Waals surface area contributed by atoms with Crippen LogP contribution in [0.25, 0.3) is 10.9 Å². The Bertz CT molecular complexity index is 677. The van der Waals surface area contributed by atoms with Gasteiger partial charge in [-0.15, -0.1) is 0 Å². The average molecular weight is 286 g/mol. The fraction of sp³-hybridized carbons (Fsp3) is 0.375. The Balaban J connectivity index is 1.68. The first-order valence-corrected chi connectivity index (χ1v) is 7.22. The van der Waals surface area contributed by atoms with E-state index >= 15 is 0 Å². The highest BCUT2D eigenvalue weighted by Crippen LogP contribution is 2.26. The summed E-state index contributed by atoms with van der Waals surface area (Å²) in [5.41, 5.74) is 1.94. The van der Waals surface area contributed by atoms with Crippen molar-refractivity contribution in [3.8, 4) is 0 Å². The second kappa shape index (κ2) is 5.60. The molecule has 0 unspecified atom stereocenters. The highest BCUT2D eigenvalue weighted by molar-refractivity contribution is 5.89. The number of carboxylic acid groups (broad SMARTS) is 1. The fourth-order valence-corrected chi connectivity index (χ4v) is 3.14. The highest BCUT2D eigenvalue weighted by atomic mass is 16.4. The van der Waals surface area contributed by atoms with Crippen LogP contribution in [0.3, 0.4) is 0 Å². The van der Waals surface area contributed by atoms with E-state index in [1.165, 1.54) is 0 Å². The summed E-state index contributed by atoms with van der Waals surface area (Å²) in [4.78, 5) is 26.4. The van der Waals surface area contributed by atoms with E-state index in [0.29, 0.717) is 6.42 Å². The number of aliphatic carboxylic acids is 1. The lowest BCUT2D eigenvalue weighted by atomic mass is 10.0. The standard InChI is InChI=1S/C16H18N2O3/c19-15(18-14-7-3-5-12(14)16(20)21)8-10-9-17-13-6-2-1-4-11(10)13/h1-2,4,6,9,12,14,17H,3,5,7-8H2,(H,18,19)(H,20,21)/t12-,14+/m1/s1. The van der Waals surface area contributed by atoms with Crippen molar-refractivity contribution >= 4 is 22.8 Å². The maximum atomic E-state index is 12.2. The van der Waals surface area contributed by atoms with Gasteiger partial charge in [-0.2, -0.15) is 0 Å². The zero-order chi connectivity index (χ0) is 14.8. The van der Waals surface area contributed by atoms with Crippen LogP contribution >= 0.6 is 0 Å². The van der Waals surface area contributed by atoms with E-state index in [-0.39, 0.29) is 18.4 Å². The van der Waals surface area contributed by atoms with Gasteiger partial charge in [-0.3, -0.25) is 9.59 Å². The van der Waals surface area contributed by atoms with Crippen LogP contribution in [0.4, 0.5) is 0 Å². The van der Waals surface area contributed by atoms with Gasteiger partial charge in [0.25, 0.3) is 0 Å². The number of carbonyl (C=O) groups is 2. The number of hydrogen-bond acceptors (Lipinski definition) is 2. The first-order valence-electron chi connectivity index (χ1n) is 7.22. The van der Waals surface area contributed by atoms with Crippen LogP contribution in [-0.4, -0.2) is 28.0 Å². The van der Waals surface area contributed by atoms with E-state index in [4.69, 9.17) is 5.11 Å². The maximum Gasteiger partial charge on any atom is 0.308 e. The minimum Gasteiger partial charge on any atom is -0.481 e. The van der Waals surface area contributed by atoms with E-state index in [1.807, 2.05) is 30.5 Å². The van der Waals surface area contributed by atoms with Gasteiger partial charge < -0.3 is 15.4 Å². The molecule has 21 heavy (non-hydrogen) atoms. The SMILES string of the molecule is O=C(Cc1c[nH]c2ccccc12)N[C@H]1CCC[C@H]1C(=O)O. The Kier molecular flexibility index (Phi) is 3.64. The van der Waals surface area contributed by atoms with Gasteiger partial charge >= 0.3 is 5.97 Å². The Morgan fingerprint density at radius 3 is 2.90 bits per heavy atom. The molecule has 3 rings (SSSR count). The van der Waals surface area contributed by atoms with Gasteiger partial charge in [-0.25, -0.2) is 0 Å². The van der Waals surface area contributed by atoms with Gasteiger partial charge in [-0.1, -0.05) is 24.6 Å². The molecule has 0 aliphatic heterocycles. The molecule has 0 saturated heterocycles. The summed E-state index contributed by atoms with van der Waals surface area (Å²) in [6.07, 6.45) is 4.36. The minimum absolute atomic E-state index is 0.113.